The molecule has 1 aromatic carbocycles. The van der Waals surface area contributed by atoms with Crippen LogP contribution in [0.4, 0.5) is 18.9 Å². The Morgan fingerprint density at radius 2 is 1.88 bits per heavy atom. The lowest BCUT2D eigenvalue weighted by atomic mass is 10.1. The zero-order chi connectivity index (χ0) is 19.7. The summed E-state index contributed by atoms with van der Waals surface area (Å²) in [6.45, 7) is 1.03. The van der Waals surface area contributed by atoms with Gasteiger partial charge in [-0.2, -0.15) is 13.2 Å². The van der Waals surface area contributed by atoms with Crippen LogP contribution in [0.15, 0.2) is 24.3 Å². The van der Waals surface area contributed by atoms with Crippen molar-refractivity contribution in [2.24, 2.45) is 0 Å². The van der Waals surface area contributed by atoms with Gasteiger partial charge < -0.3 is 4.90 Å². The molecule has 1 aliphatic rings. The molecule has 1 saturated heterocycles. The van der Waals surface area contributed by atoms with Crippen molar-refractivity contribution in [2.45, 2.75) is 19.1 Å². The van der Waals surface area contributed by atoms with Gasteiger partial charge in [-0.25, -0.2) is 8.42 Å². The fraction of sp³-hybridized carbons (Fsp3) is 0.562. The molecule has 10 heteroatoms. The van der Waals surface area contributed by atoms with Crippen molar-refractivity contribution in [3.05, 3.63) is 29.8 Å². The topological polar surface area (TPSA) is 60.9 Å². The Hall–Kier alpha value is -1.81. The van der Waals surface area contributed by atoms with E-state index < -0.39 is 34.7 Å². The minimum atomic E-state index is -4.29. The molecular weight excluding hydrogens is 371 g/mol. The number of hydrogen-bond donors (Lipinski definition) is 0. The number of anilines is 1. The van der Waals surface area contributed by atoms with Crippen molar-refractivity contribution in [1.82, 2.24) is 9.80 Å². The van der Waals surface area contributed by atoms with E-state index in [0.29, 0.717) is 0 Å². The van der Waals surface area contributed by atoms with Gasteiger partial charge in [-0.1, -0.05) is 12.1 Å². The number of nitrogens with zero attached hydrogens (tertiary/aromatic N) is 3. The molecule has 0 bridgehead atoms. The second-order valence-corrected chi connectivity index (χ2v) is 8.45. The molecule has 1 aliphatic heterocycles. The molecule has 1 aromatic rings. The number of carbonyl (C=O) groups is 1. The van der Waals surface area contributed by atoms with Crippen LogP contribution in [-0.4, -0.2) is 75.8 Å². The highest BCUT2D eigenvalue weighted by molar-refractivity contribution is 7.92. The van der Waals surface area contributed by atoms with Crippen LogP contribution >= 0.6 is 0 Å². The van der Waals surface area contributed by atoms with Crippen LogP contribution in [0, 0.1) is 0 Å². The van der Waals surface area contributed by atoms with Gasteiger partial charge in [0.15, 0.2) is 0 Å². The van der Waals surface area contributed by atoms with Gasteiger partial charge in [0.05, 0.1) is 24.1 Å². The molecule has 0 saturated carbocycles. The largest absolute Gasteiger partial charge is 0.401 e. The highest BCUT2D eigenvalue weighted by atomic mass is 32.2. The Balaban J connectivity index is 2.19. The number of carbonyl (C=O) groups excluding carboxylic acids is 1. The first kappa shape index (κ1) is 20.5. The monoisotopic (exact) mass is 393 g/mol. The first-order valence-corrected chi connectivity index (χ1v) is 9.88. The van der Waals surface area contributed by atoms with Gasteiger partial charge in [0.1, 0.15) is 0 Å². The van der Waals surface area contributed by atoms with Gasteiger partial charge >= 0.3 is 6.18 Å². The van der Waals surface area contributed by atoms with Gasteiger partial charge in [-0.15, -0.1) is 0 Å². The van der Waals surface area contributed by atoms with E-state index in [0.717, 1.165) is 10.6 Å². The smallest absolute Gasteiger partial charge is 0.336 e. The Morgan fingerprint density at radius 3 is 2.42 bits per heavy atom. The van der Waals surface area contributed by atoms with Crippen molar-refractivity contribution in [1.29, 1.82) is 0 Å². The molecule has 1 heterocycles. The van der Waals surface area contributed by atoms with Crippen LogP contribution in [0.2, 0.25) is 0 Å². The molecule has 1 atom stereocenters. The fourth-order valence-electron chi connectivity index (χ4n) is 2.92. The van der Waals surface area contributed by atoms with Gasteiger partial charge in [0.2, 0.25) is 10.0 Å². The van der Waals surface area contributed by atoms with Crippen molar-refractivity contribution >= 4 is 21.6 Å². The summed E-state index contributed by atoms with van der Waals surface area (Å²) in [6, 6.07) is 5.84. The maximum absolute atomic E-state index is 12.9. The molecule has 0 radical (unpaired) electrons. The summed E-state index contributed by atoms with van der Waals surface area (Å²) in [4.78, 5) is 15.6. The van der Waals surface area contributed by atoms with Crippen LogP contribution in [0.5, 0.6) is 0 Å². The van der Waals surface area contributed by atoms with Crippen molar-refractivity contribution in [3.63, 3.8) is 0 Å². The summed E-state index contributed by atoms with van der Waals surface area (Å²) in [5, 5.41) is 0. The minimum Gasteiger partial charge on any atom is -0.336 e. The molecule has 6 nitrogen and oxygen atoms in total. The van der Waals surface area contributed by atoms with Crippen molar-refractivity contribution < 1.29 is 26.4 Å². The first-order chi connectivity index (χ1) is 11.9. The highest BCUT2D eigenvalue weighted by Gasteiger charge is 2.36. The summed E-state index contributed by atoms with van der Waals surface area (Å²) in [5.74, 6) is -0.394. The zero-order valence-electron chi connectivity index (χ0n) is 14.8. The third kappa shape index (κ3) is 4.88. The summed E-state index contributed by atoms with van der Waals surface area (Å²) < 4.78 is 62.4. The second-order valence-electron chi connectivity index (χ2n) is 6.43. The average molecular weight is 393 g/mol. The number of sulfonamides is 1. The van der Waals surface area contributed by atoms with E-state index in [1.165, 1.54) is 29.0 Å². The molecule has 0 aromatic heterocycles. The molecule has 0 spiro atoms. The average Bonchev–Trinajstić information content (AvgIpc) is 2.53. The Kier molecular flexibility index (Phi) is 5.86. The van der Waals surface area contributed by atoms with E-state index >= 15 is 0 Å². The first-order valence-electron chi connectivity index (χ1n) is 8.03. The van der Waals surface area contributed by atoms with Crippen LogP contribution < -0.4 is 4.31 Å². The minimum absolute atomic E-state index is 0.108. The maximum Gasteiger partial charge on any atom is 0.401 e. The molecular formula is C16H22F3N3O3S. The Labute approximate surface area is 151 Å². The Morgan fingerprint density at radius 1 is 1.27 bits per heavy atom. The molecule has 2 rings (SSSR count). The quantitative estimate of drug-likeness (QED) is 0.783. The lowest BCUT2D eigenvalue weighted by Crippen LogP contribution is -2.55. The van der Waals surface area contributed by atoms with Gasteiger partial charge in [-0.3, -0.25) is 14.0 Å². The third-order valence-corrected chi connectivity index (χ3v) is 5.60. The maximum atomic E-state index is 12.9. The number of rotatable bonds is 4. The van der Waals surface area contributed by atoms with E-state index in [1.54, 1.807) is 19.1 Å². The molecule has 1 amide bonds. The summed E-state index contributed by atoms with van der Waals surface area (Å²) in [5.41, 5.74) is 0.447. The van der Waals surface area contributed by atoms with Crippen molar-refractivity contribution in [3.8, 4) is 0 Å². The predicted molar refractivity (Wildman–Crippen MR) is 92.7 cm³/mol. The standard InChI is InChI=1S/C16H22F3N3O3S/c1-12-10-21(8-9-22(12)11-16(17,18)19)15(23)13-6-4-5-7-14(13)20(2)26(3,24)25/h4-7,12H,8-11H2,1-3H3/t12-/m0/s1. The number of benzene rings is 1. The van der Waals surface area contributed by atoms with E-state index in [2.05, 4.69) is 0 Å². The number of para-hydroxylation sites is 1. The van der Waals surface area contributed by atoms with Crippen LogP contribution in [0.25, 0.3) is 0 Å². The molecule has 146 valence electrons. The summed E-state index contributed by atoms with van der Waals surface area (Å²) in [6.07, 6.45) is -3.25. The molecule has 0 aliphatic carbocycles. The van der Waals surface area contributed by atoms with Crippen LogP contribution in [0.1, 0.15) is 17.3 Å². The van der Waals surface area contributed by atoms with Gasteiger partial charge in [0, 0.05) is 32.7 Å². The van der Waals surface area contributed by atoms with E-state index in [1.807, 2.05) is 0 Å². The molecule has 0 N–H and O–H groups in total. The number of piperazine rings is 1. The second kappa shape index (κ2) is 7.43. The van der Waals surface area contributed by atoms with Crippen LogP contribution in [0.3, 0.4) is 0 Å². The van der Waals surface area contributed by atoms with E-state index in [4.69, 9.17) is 0 Å². The normalized spacial score (nSPS) is 19.5. The fourth-order valence-corrected chi connectivity index (χ4v) is 3.44. The Bertz CT molecular complexity index is 767. The van der Waals surface area contributed by atoms with Gasteiger partial charge in [0.25, 0.3) is 5.91 Å². The highest BCUT2D eigenvalue weighted by Crippen LogP contribution is 2.25. The zero-order valence-corrected chi connectivity index (χ0v) is 15.6. The third-order valence-electron chi connectivity index (χ3n) is 4.41. The lowest BCUT2D eigenvalue weighted by Gasteiger charge is -2.40. The SMILES string of the molecule is C[C@H]1CN(C(=O)c2ccccc2N(C)S(C)(=O)=O)CCN1CC(F)(F)F. The van der Waals surface area contributed by atoms with Crippen LogP contribution in [-0.2, 0) is 10.0 Å². The lowest BCUT2D eigenvalue weighted by molar-refractivity contribution is -0.153. The van der Waals surface area contributed by atoms with Crippen molar-refractivity contribution in [2.75, 3.05) is 43.8 Å². The molecule has 0 unspecified atom stereocenters. The number of alkyl halides is 3. The number of hydrogen-bond acceptors (Lipinski definition) is 4. The molecule has 26 heavy (non-hydrogen) atoms. The number of halogens is 3. The van der Waals surface area contributed by atoms with Gasteiger partial charge in [-0.05, 0) is 19.1 Å². The predicted octanol–water partition coefficient (Wildman–Crippen LogP) is 1.79. The molecule has 1 fully saturated rings. The number of amides is 1. The van der Waals surface area contributed by atoms with E-state index in [-0.39, 0.29) is 30.9 Å². The summed E-state index contributed by atoms with van der Waals surface area (Å²) in [7, 11) is -2.20. The van der Waals surface area contributed by atoms with E-state index in [9.17, 15) is 26.4 Å². The summed E-state index contributed by atoms with van der Waals surface area (Å²) >= 11 is 0.